The third-order valence-electron chi connectivity index (χ3n) is 6.37. The zero-order valence-electron chi connectivity index (χ0n) is 18.3. The van der Waals surface area contributed by atoms with Crippen LogP contribution in [-0.2, 0) is 23.7 Å². The summed E-state index contributed by atoms with van der Waals surface area (Å²) in [6, 6.07) is 8.17. The molecule has 6 N–H and O–H groups in total. The van der Waals surface area contributed by atoms with E-state index in [4.69, 9.17) is 18.9 Å². The summed E-state index contributed by atoms with van der Waals surface area (Å²) in [7, 11) is 0. The number of ether oxygens (including phenoxy) is 4. The van der Waals surface area contributed by atoms with Crippen LogP contribution in [0, 0.1) is 5.92 Å². The maximum Gasteiger partial charge on any atom is 0.338 e. The number of benzene rings is 1. The van der Waals surface area contributed by atoms with Crippen molar-refractivity contribution in [2.24, 2.45) is 5.92 Å². The van der Waals surface area contributed by atoms with Gasteiger partial charge in [-0.25, -0.2) is 9.59 Å². The van der Waals surface area contributed by atoms with Crippen LogP contribution in [0.3, 0.4) is 0 Å². The lowest BCUT2D eigenvalue weighted by Crippen LogP contribution is -2.61. The fourth-order valence-corrected chi connectivity index (χ4v) is 4.45. The summed E-state index contributed by atoms with van der Waals surface area (Å²) in [6.45, 7) is -1.00. The Morgan fingerprint density at radius 1 is 1.06 bits per heavy atom. The number of aliphatic carboxylic acids is 1. The predicted octanol–water partition coefficient (Wildman–Crippen LogP) is -1.34. The van der Waals surface area contributed by atoms with Gasteiger partial charge >= 0.3 is 11.9 Å². The molecule has 1 saturated heterocycles. The third-order valence-corrected chi connectivity index (χ3v) is 6.37. The van der Waals surface area contributed by atoms with Crippen LogP contribution in [0.15, 0.2) is 53.8 Å². The van der Waals surface area contributed by atoms with E-state index >= 15 is 0 Å². The minimum Gasteiger partial charge on any atom is -0.478 e. The molecule has 190 valence electrons. The fraction of sp³-hybridized carbons (Fsp3) is 0.478. The standard InChI is InChI=1S/C23H26O12/c24-8-14-16(25)17(26)18(27)22(34-14)35-21-15-12(9-32-20(30)11-4-2-1-3-5-11)6-7-23(15,31)13(10-33-21)19(28)29/h1-6,10,14-18,21-22,24-27,31H,7-9H2,(H,28,29). The van der Waals surface area contributed by atoms with Crippen LogP contribution in [0.4, 0.5) is 0 Å². The van der Waals surface area contributed by atoms with E-state index in [-0.39, 0.29) is 13.0 Å². The second kappa shape index (κ2) is 10.0. The van der Waals surface area contributed by atoms with Gasteiger partial charge in [0.2, 0.25) is 6.29 Å². The van der Waals surface area contributed by atoms with Crippen molar-refractivity contribution >= 4 is 11.9 Å². The van der Waals surface area contributed by atoms with E-state index in [0.29, 0.717) is 11.1 Å². The van der Waals surface area contributed by atoms with Crippen molar-refractivity contribution in [3.05, 3.63) is 59.4 Å². The van der Waals surface area contributed by atoms with Gasteiger partial charge in [0.05, 0.1) is 24.4 Å². The maximum atomic E-state index is 12.4. The molecule has 35 heavy (non-hydrogen) atoms. The van der Waals surface area contributed by atoms with Crippen molar-refractivity contribution in [2.45, 2.75) is 49.0 Å². The second-order valence-electron chi connectivity index (χ2n) is 8.50. The molecule has 12 heteroatoms. The van der Waals surface area contributed by atoms with Gasteiger partial charge in [0.1, 0.15) is 42.2 Å². The molecular weight excluding hydrogens is 468 g/mol. The summed E-state index contributed by atoms with van der Waals surface area (Å²) in [6.07, 6.45) is -7.19. The highest BCUT2D eigenvalue weighted by Crippen LogP contribution is 2.47. The topological polar surface area (TPSA) is 192 Å². The average Bonchev–Trinajstić information content (AvgIpc) is 3.20. The molecule has 0 bridgehead atoms. The van der Waals surface area contributed by atoms with E-state index < -0.39 is 72.6 Å². The molecule has 2 heterocycles. The summed E-state index contributed by atoms with van der Waals surface area (Å²) < 4.78 is 21.8. The number of hydrogen-bond donors (Lipinski definition) is 6. The number of esters is 1. The van der Waals surface area contributed by atoms with Gasteiger partial charge in [-0.3, -0.25) is 0 Å². The number of fused-ring (bicyclic) bond motifs is 1. The summed E-state index contributed by atoms with van der Waals surface area (Å²) in [4.78, 5) is 24.1. The number of aliphatic hydroxyl groups excluding tert-OH is 4. The van der Waals surface area contributed by atoms with Crippen LogP contribution >= 0.6 is 0 Å². The van der Waals surface area contributed by atoms with Gasteiger partial charge in [0.15, 0.2) is 6.29 Å². The molecule has 2 aliphatic heterocycles. The SMILES string of the molecule is O=C(O)C1=COC(OC2OC(CO)C(O)C(O)C2O)C2C(COC(=O)c3ccccc3)=CCC12O. The Balaban J connectivity index is 1.55. The zero-order valence-corrected chi connectivity index (χ0v) is 18.3. The molecule has 8 atom stereocenters. The Morgan fingerprint density at radius 2 is 1.77 bits per heavy atom. The van der Waals surface area contributed by atoms with Gasteiger partial charge < -0.3 is 49.6 Å². The van der Waals surface area contributed by atoms with E-state index in [1.807, 2.05) is 0 Å². The molecule has 1 aromatic rings. The molecule has 4 rings (SSSR count). The summed E-state index contributed by atoms with van der Waals surface area (Å²) in [5.41, 5.74) is -1.84. The largest absolute Gasteiger partial charge is 0.478 e. The lowest BCUT2D eigenvalue weighted by molar-refractivity contribution is -0.343. The molecule has 1 aliphatic carbocycles. The Hall–Kier alpha value is -2.84. The third kappa shape index (κ3) is 4.69. The van der Waals surface area contributed by atoms with E-state index in [2.05, 4.69) is 0 Å². The number of carboxylic acids is 1. The van der Waals surface area contributed by atoms with E-state index in [1.54, 1.807) is 30.3 Å². The highest BCUT2D eigenvalue weighted by molar-refractivity contribution is 5.90. The molecule has 0 amide bonds. The van der Waals surface area contributed by atoms with Gasteiger partial charge in [-0.2, -0.15) is 0 Å². The minimum atomic E-state index is -1.99. The van der Waals surface area contributed by atoms with Gasteiger partial charge in [-0.05, 0) is 24.1 Å². The predicted molar refractivity (Wildman–Crippen MR) is 113 cm³/mol. The summed E-state index contributed by atoms with van der Waals surface area (Å²) in [5.74, 6) is -3.26. The van der Waals surface area contributed by atoms with Crippen molar-refractivity contribution in [1.82, 2.24) is 0 Å². The molecule has 0 saturated carbocycles. The number of carbonyl (C=O) groups is 2. The molecule has 12 nitrogen and oxygen atoms in total. The van der Waals surface area contributed by atoms with Crippen LogP contribution < -0.4 is 0 Å². The van der Waals surface area contributed by atoms with Crippen molar-refractivity contribution in [1.29, 1.82) is 0 Å². The Bertz CT molecular complexity index is 1010. The van der Waals surface area contributed by atoms with E-state index in [9.17, 15) is 40.2 Å². The minimum absolute atomic E-state index is 0.147. The Morgan fingerprint density at radius 3 is 2.43 bits per heavy atom. The van der Waals surface area contributed by atoms with Crippen LogP contribution in [0.5, 0.6) is 0 Å². The smallest absolute Gasteiger partial charge is 0.338 e. The molecule has 0 spiro atoms. The van der Waals surface area contributed by atoms with Crippen molar-refractivity contribution in [2.75, 3.05) is 13.2 Å². The van der Waals surface area contributed by atoms with Gasteiger partial charge in [0.25, 0.3) is 0 Å². The van der Waals surface area contributed by atoms with Crippen LogP contribution in [0.25, 0.3) is 0 Å². The quantitative estimate of drug-likeness (QED) is 0.193. The number of rotatable bonds is 7. The van der Waals surface area contributed by atoms with Gasteiger partial charge in [0, 0.05) is 0 Å². The maximum absolute atomic E-state index is 12.4. The van der Waals surface area contributed by atoms with Gasteiger partial charge in [-0.15, -0.1) is 0 Å². The summed E-state index contributed by atoms with van der Waals surface area (Å²) in [5, 5.41) is 60.6. The first-order valence-electron chi connectivity index (χ1n) is 10.9. The summed E-state index contributed by atoms with van der Waals surface area (Å²) >= 11 is 0. The van der Waals surface area contributed by atoms with Gasteiger partial charge in [-0.1, -0.05) is 24.3 Å². The number of carbonyl (C=O) groups excluding carboxylic acids is 1. The second-order valence-corrected chi connectivity index (χ2v) is 8.50. The molecule has 1 aromatic carbocycles. The zero-order chi connectivity index (χ0) is 25.3. The molecule has 1 fully saturated rings. The number of hydrogen-bond acceptors (Lipinski definition) is 11. The van der Waals surface area contributed by atoms with Crippen molar-refractivity contribution < 1.29 is 59.2 Å². The van der Waals surface area contributed by atoms with E-state index in [1.165, 1.54) is 6.08 Å². The molecule has 3 aliphatic rings. The van der Waals surface area contributed by atoms with Crippen molar-refractivity contribution in [3.63, 3.8) is 0 Å². The first-order chi connectivity index (χ1) is 16.7. The van der Waals surface area contributed by atoms with Crippen molar-refractivity contribution in [3.8, 4) is 0 Å². The molecule has 0 aromatic heterocycles. The monoisotopic (exact) mass is 494 g/mol. The lowest BCUT2D eigenvalue weighted by atomic mass is 9.79. The average molecular weight is 494 g/mol. The number of carboxylic acid groups (broad SMARTS) is 1. The van der Waals surface area contributed by atoms with E-state index in [0.717, 1.165) is 6.26 Å². The molecule has 8 unspecified atom stereocenters. The first kappa shape index (κ1) is 25.3. The number of aliphatic hydroxyl groups is 5. The normalized spacial score (nSPS) is 36.4. The lowest BCUT2D eigenvalue weighted by Gasteiger charge is -2.44. The highest BCUT2D eigenvalue weighted by Gasteiger charge is 2.57. The highest BCUT2D eigenvalue weighted by atomic mass is 16.8. The fourth-order valence-electron chi connectivity index (χ4n) is 4.45. The molecular formula is C23H26O12. The Labute approximate surface area is 199 Å². The van der Waals surface area contributed by atoms with Crippen LogP contribution in [0.1, 0.15) is 16.8 Å². The molecule has 0 radical (unpaired) electrons. The first-order valence-corrected chi connectivity index (χ1v) is 10.9. The van der Waals surface area contributed by atoms with Crippen LogP contribution in [0.2, 0.25) is 0 Å². The Kier molecular flexibility index (Phi) is 7.24. The van der Waals surface area contributed by atoms with Crippen LogP contribution in [-0.4, -0.2) is 98.4 Å².